The number of ether oxygens (including phenoxy) is 1. The number of hydrogen-bond donors (Lipinski definition) is 1. The van der Waals surface area contributed by atoms with Gasteiger partial charge in [0.05, 0.1) is 24.5 Å². The third-order valence-corrected chi connectivity index (χ3v) is 3.56. The van der Waals surface area contributed by atoms with E-state index >= 15 is 0 Å². The fourth-order valence-corrected chi connectivity index (χ4v) is 2.44. The molecular weight excluding hydrogens is 345 g/mol. The van der Waals surface area contributed by atoms with Crippen molar-refractivity contribution >= 4 is 27.7 Å². The van der Waals surface area contributed by atoms with Gasteiger partial charge in [-0.3, -0.25) is 4.90 Å². The van der Waals surface area contributed by atoms with Crippen molar-refractivity contribution < 1.29 is 19.0 Å². The lowest BCUT2D eigenvalue weighted by Crippen LogP contribution is -2.25. The third kappa shape index (κ3) is 2.64. The summed E-state index contributed by atoms with van der Waals surface area (Å²) in [6, 6.07) is 4.43. The summed E-state index contributed by atoms with van der Waals surface area (Å²) < 4.78 is 21.3. The third-order valence-electron chi connectivity index (χ3n) is 3.15. The Balaban J connectivity index is 1.90. The predicted octanol–water partition coefficient (Wildman–Crippen LogP) is 2.09. The maximum Gasteiger partial charge on any atom is 0.414 e. The van der Waals surface area contributed by atoms with E-state index in [0.29, 0.717) is 16.0 Å². The highest BCUT2D eigenvalue weighted by molar-refractivity contribution is 9.10. The molecule has 8 heteroatoms. The molecule has 2 aromatic rings. The van der Waals surface area contributed by atoms with Gasteiger partial charge in [-0.05, 0) is 34.1 Å². The number of aliphatic hydroxyl groups is 1. The SMILES string of the molecule is O=C1O[C@H](CO)CN1c1ccc(-n2cnc(Br)c2)c(F)c1. The maximum atomic E-state index is 14.2. The van der Waals surface area contributed by atoms with Crippen LogP contribution in [0, 0.1) is 5.82 Å². The Morgan fingerprint density at radius 3 is 2.90 bits per heavy atom. The Morgan fingerprint density at radius 1 is 1.52 bits per heavy atom. The van der Waals surface area contributed by atoms with Gasteiger partial charge in [0, 0.05) is 6.20 Å². The van der Waals surface area contributed by atoms with E-state index in [1.165, 1.54) is 21.9 Å². The molecule has 0 radical (unpaired) electrons. The van der Waals surface area contributed by atoms with E-state index in [9.17, 15) is 9.18 Å². The second kappa shape index (κ2) is 5.45. The Morgan fingerprint density at radius 2 is 2.33 bits per heavy atom. The summed E-state index contributed by atoms with van der Waals surface area (Å²) in [6.45, 7) is -0.0589. The minimum absolute atomic E-state index is 0.199. The van der Waals surface area contributed by atoms with Crippen molar-refractivity contribution in [2.24, 2.45) is 0 Å². The van der Waals surface area contributed by atoms with E-state index in [1.54, 1.807) is 18.3 Å². The number of carbonyl (C=O) groups is 1. The van der Waals surface area contributed by atoms with Crippen molar-refractivity contribution in [2.45, 2.75) is 6.10 Å². The number of carbonyl (C=O) groups excluding carboxylic acids is 1. The van der Waals surface area contributed by atoms with Gasteiger partial charge in [-0.15, -0.1) is 0 Å². The van der Waals surface area contributed by atoms with Crippen LogP contribution in [0.2, 0.25) is 0 Å². The summed E-state index contributed by atoms with van der Waals surface area (Å²) in [5.41, 5.74) is 0.708. The molecule has 1 amide bonds. The average molecular weight is 356 g/mol. The van der Waals surface area contributed by atoms with Crippen LogP contribution in [0.15, 0.2) is 35.3 Å². The number of amides is 1. The monoisotopic (exact) mass is 355 g/mol. The minimum Gasteiger partial charge on any atom is -0.441 e. The molecule has 1 fully saturated rings. The molecule has 1 saturated heterocycles. The Bertz CT molecular complexity index is 691. The van der Waals surface area contributed by atoms with Gasteiger partial charge >= 0.3 is 6.09 Å². The molecule has 1 N–H and O–H groups in total. The molecule has 2 heterocycles. The molecule has 110 valence electrons. The van der Waals surface area contributed by atoms with E-state index in [2.05, 4.69) is 20.9 Å². The molecule has 1 aromatic carbocycles. The number of aromatic nitrogens is 2. The van der Waals surface area contributed by atoms with Crippen molar-refractivity contribution in [3.05, 3.63) is 41.1 Å². The van der Waals surface area contributed by atoms with Crippen LogP contribution in [0.1, 0.15) is 0 Å². The van der Waals surface area contributed by atoms with Gasteiger partial charge in [-0.25, -0.2) is 14.2 Å². The standard InChI is InChI=1S/C13H11BrFN3O3/c14-12-5-17(7-16-12)11-2-1-8(3-10(11)15)18-4-9(6-19)21-13(18)20/h1-3,5,7,9,19H,4,6H2/t9-/m0/s1. The number of nitrogens with zero attached hydrogens (tertiary/aromatic N) is 3. The first-order valence-corrected chi connectivity index (χ1v) is 6.96. The van der Waals surface area contributed by atoms with Gasteiger partial charge in [0.2, 0.25) is 0 Å². The molecule has 1 aliphatic rings. The normalized spacial score (nSPS) is 18.1. The molecule has 0 spiro atoms. The summed E-state index contributed by atoms with van der Waals surface area (Å²) in [7, 11) is 0. The van der Waals surface area contributed by atoms with E-state index in [0.717, 1.165) is 0 Å². The van der Waals surface area contributed by atoms with Crippen LogP contribution in [-0.2, 0) is 4.74 Å². The predicted molar refractivity (Wildman–Crippen MR) is 75.9 cm³/mol. The number of hydrogen-bond acceptors (Lipinski definition) is 4. The largest absolute Gasteiger partial charge is 0.441 e. The maximum absolute atomic E-state index is 14.2. The number of anilines is 1. The average Bonchev–Trinajstić information content (AvgIpc) is 3.04. The Hall–Kier alpha value is -1.93. The van der Waals surface area contributed by atoms with Gasteiger partial charge in [-0.1, -0.05) is 0 Å². The fraction of sp³-hybridized carbons (Fsp3) is 0.231. The summed E-state index contributed by atoms with van der Waals surface area (Å²) in [5, 5.41) is 9.01. The van der Waals surface area contributed by atoms with E-state index in [-0.39, 0.29) is 13.2 Å². The first-order chi connectivity index (χ1) is 10.1. The van der Waals surface area contributed by atoms with Gasteiger partial charge in [-0.2, -0.15) is 0 Å². The highest BCUT2D eigenvalue weighted by Crippen LogP contribution is 2.25. The number of imidazole rings is 1. The summed E-state index contributed by atoms with van der Waals surface area (Å²) in [6.07, 6.45) is 1.94. The van der Waals surface area contributed by atoms with E-state index in [1.807, 2.05) is 0 Å². The first kappa shape index (κ1) is 14.0. The zero-order valence-corrected chi connectivity index (χ0v) is 12.3. The minimum atomic E-state index is -0.591. The van der Waals surface area contributed by atoms with Crippen LogP contribution in [-0.4, -0.2) is 40.0 Å². The second-order valence-corrected chi connectivity index (χ2v) is 5.35. The fourth-order valence-electron chi connectivity index (χ4n) is 2.13. The lowest BCUT2D eigenvalue weighted by molar-refractivity contribution is 0.0963. The van der Waals surface area contributed by atoms with Gasteiger partial charge in [0.15, 0.2) is 0 Å². The number of halogens is 2. The van der Waals surface area contributed by atoms with Crippen LogP contribution >= 0.6 is 15.9 Å². The lowest BCUT2D eigenvalue weighted by Gasteiger charge is -2.14. The quantitative estimate of drug-likeness (QED) is 0.915. The van der Waals surface area contributed by atoms with Gasteiger partial charge in [0.1, 0.15) is 22.9 Å². The Labute approximate surface area is 127 Å². The molecule has 1 aromatic heterocycles. The van der Waals surface area contributed by atoms with Crippen molar-refractivity contribution in [1.82, 2.24) is 9.55 Å². The van der Waals surface area contributed by atoms with Crippen LogP contribution in [0.3, 0.4) is 0 Å². The Kier molecular flexibility index (Phi) is 3.64. The van der Waals surface area contributed by atoms with Gasteiger partial charge < -0.3 is 14.4 Å². The molecule has 6 nitrogen and oxygen atoms in total. The molecular formula is C13H11BrFN3O3. The van der Waals surface area contributed by atoms with Crippen molar-refractivity contribution in [3.8, 4) is 5.69 Å². The molecule has 0 unspecified atom stereocenters. The van der Waals surface area contributed by atoms with Gasteiger partial charge in [0.25, 0.3) is 0 Å². The molecule has 1 aliphatic heterocycles. The zero-order chi connectivity index (χ0) is 15.0. The number of rotatable bonds is 3. The summed E-state index contributed by atoms with van der Waals surface area (Å²) >= 11 is 3.20. The highest BCUT2D eigenvalue weighted by Gasteiger charge is 2.32. The van der Waals surface area contributed by atoms with Crippen molar-refractivity contribution in [2.75, 3.05) is 18.1 Å². The van der Waals surface area contributed by atoms with Crippen molar-refractivity contribution in [1.29, 1.82) is 0 Å². The number of benzene rings is 1. The zero-order valence-electron chi connectivity index (χ0n) is 10.7. The number of cyclic esters (lactones) is 1. The lowest BCUT2D eigenvalue weighted by atomic mass is 10.2. The van der Waals surface area contributed by atoms with E-state index in [4.69, 9.17) is 9.84 Å². The molecule has 0 saturated carbocycles. The van der Waals surface area contributed by atoms with Crippen LogP contribution in [0.25, 0.3) is 5.69 Å². The molecule has 3 rings (SSSR count). The smallest absolute Gasteiger partial charge is 0.414 e. The van der Waals surface area contributed by atoms with Crippen LogP contribution < -0.4 is 4.90 Å². The second-order valence-electron chi connectivity index (χ2n) is 4.54. The topological polar surface area (TPSA) is 67.6 Å². The van der Waals surface area contributed by atoms with Crippen LogP contribution in [0.4, 0.5) is 14.9 Å². The molecule has 0 bridgehead atoms. The molecule has 0 aliphatic carbocycles. The first-order valence-electron chi connectivity index (χ1n) is 6.17. The summed E-state index contributed by atoms with van der Waals surface area (Å²) in [4.78, 5) is 16.9. The molecule has 21 heavy (non-hydrogen) atoms. The van der Waals surface area contributed by atoms with Crippen molar-refractivity contribution in [3.63, 3.8) is 0 Å². The molecule has 1 atom stereocenters. The van der Waals surface area contributed by atoms with Crippen LogP contribution in [0.5, 0.6) is 0 Å². The highest BCUT2D eigenvalue weighted by atomic mass is 79.9. The van der Waals surface area contributed by atoms with E-state index < -0.39 is 18.0 Å². The number of aliphatic hydroxyl groups excluding tert-OH is 1. The summed E-state index contributed by atoms with van der Waals surface area (Å²) in [5.74, 6) is -0.488.